The molecule has 1 aliphatic heterocycles. The van der Waals surface area contributed by atoms with E-state index < -0.39 is 5.41 Å². The summed E-state index contributed by atoms with van der Waals surface area (Å²) in [7, 11) is 0. The first-order chi connectivity index (χ1) is 12.7. The lowest BCUT2D eigenvalue weighted by Crippen LogP contribution is -2.61. The lowest BCUT2D eigenvalue weighted by atomic mass is 9.61. The van der Waals surface area contributed by atoms with Crippen LogP contribution in [0.1, 0.15) is 30.8 Å². The van der Waals surface area contributed by atoms with Crippen molar-refractivity contribution in [3.8, 4) is 6.07 Å². The molecule has 136 valence electrons. The standard InChI is InChI=1S/C21H18ClN3O2/c1-20(2)10-21(8-14(9-23)18(20)26)11-25(12-21)19(27)16-6-4-13-3-5-15(22)7-17(13)24-16/h3-8H,10-12H2,1-2H3. The van der Waals surface area contributed by atoms with Crippen molar-refractivity contribution in [2.24, 2.45) is 10.8 Å². The number of benzene rings is 1. The van der Waals surface area contributed by atoms with Crippen LogP contribution in [0, 0.1) is 22.2 Å². The van der Waals surface area contributed by atoms with E-state index in [1.165, 1.54) is 0 Å². The van der Waals surface area contributed by atoms with Gasteiger partial charge in [0.05, 0.1) is 11.1 Å². The zero-order valence-corrected chi connectivity index (χ0v) is 15.9. The number of halogens is 1. The average molecular weight is 380 g/mol. The number of pyridine rings is 1. The van der Waals surface area contributed by atoms with Crippen LogP contribution >= 0.6 is 11.6 Å². The van der Waals surface area contributed by atoms with E-state index in [0.717, 1.165) is 5.39 Å². The number of ketones is 1. The summed E-state index contributed by atoms with van der Waals surface area (Å²) in [5, 5.41) is 10.8. The highest BCUT2D eigenvalue weighted by molar-refractivity contribution is 6.31. The molecule has 2 aliphatic rings. The molecule has 6 heteroatoms. The third-order valence-corrected chi connectivity index (χ3v) is 5.63. The summed E-state index contributed by atoms with van der Waals surface area (Å²) in [5.41, 5.74) is 0.359. The molecule has 1 aliphatic carbocycles. The summed E-state index contributed by atoms with van der Waals surface area (Å²) < 4.78 is 0. The van der Waals surface area contributed by atoms with E-state index in [-0.39, 0.29) is 22.7 Å². The summed E-state index contributed by atoms with van der Waals surface area (Å²) in [6.07, 6.45) is 2.40. The molecule has 1 amide bonds. The second-order valence-electron chi connectivity index (χ2n) is 8.12. The minimum atomic E-state index is -0.590. The zero-order valence-electron chi connectivity index (χ0n) is 15.1. The lowest BCUT2D eigenvalue weighted by Gasteiger charge is -2.53. The van der Waals surface area contributed by atoms with Crippen molar-refractivity contribution in [3.63, 3.8) is 0 Å². The van der Waals surface area contributed by atoms with Crippen LogP contribution < -0.4 is 0 Å². The maximum absolute atomic E-state index is 12.8. The number of nitriles is 1. The first kappa shape index (κ1) is 17.7. The molecule has 0 saturated carbocycles. The maximum atomic E-state index is 12.8. The van der Waals surface area contributed by atoms with E-state index in [2.05, 4.69) is 4.98 Å². The van der Waals surface area contributed by atoms with Gasteiger partial charge in [-0.2, -0.15) is 5.26 Å². The number of likely N-dealkylation sites (tertiary alicyclic amines) is 1. The SMILES string of the molecule is CC1(C)CC2(C=C(C#N)C1=O)CN(C(=O)c1ccc3ccc(Cl)cc3n1)C2. The Bertz CT molecular complexity index is 1060. The fraction of sp³-hybridized carbons (Fsp3) is 0.333. The maximum Gasteiger partial charge on any atom is 0.272 e. The summed E-state index contributed by atoms with van der Waals surface area (Å²) >= 11 is 6.02. The molecule has 0 atom stereocenters. The molecule has 4 rings (SSSR count). The first-order valence-corrected chi connectivity index (χ1v) is 9.14. The molecule has 1 saturated heterocycles. The average Bonchev–Trinajstić information content (AvgIpc) is 2.60. The van der Waals surface area contributed by atoms with Crippen LogP contribution in [0.2, 0.25) is 5.02 Å². The van der Waals surface area contributed by atoms with Crippen LogP contribution in [-0.2, 0) is 4.79 Å². The molecule has 1 aromatic carbocycles. The number of nitrogens with zero attached hydrogens (tertiary/aromatic N) is 3. The highest BCUT2D eigenvalue weighted by Crippen LogP contribution is 2.48. The Balaban J connectivity index is 1.57. The summed E-state index contributed by atoms with van der Waals surface area (Å²) in [4.78, 5) is 31.3. The smallest absolute Gasteiger partial charge is 0.272 e. The van der Waals surface area contributed by atoms with Crippen LogP contribution in [0.3, 0.4) is 0 Å². The van der Waals surface area contributed by atoms with E-state index in [9.17, 15) is 14.9 Å². The molecule has 27 heavy (non-hydrogen) atoms. The number of hydrogen-bond acceptors (Lipinski definition) is 4. The fourth-order valence-corrected chi connectivity index (χ4v) is 4.43. The van der Waals surface area contributed by atoms with E-state index in [0.29, 0.717) is 35.7 Å². The predicted octanol–water partition coefficient (Wildman–Crippen LogP) is 3.78. The topological polar surface area (TPSA) is 74.1 Å². The van der Waals surface area contributed by atoms with Crippen molar-refractivity contribution >= 4 is 34.2 Å². The Kier molecular flexibility index (Phi) is 3.87. The molecule has 2 aromatic rings. The van der Waals surface area contributed by atoms with E-state index in [1.807, 2.05) is 32.0 Å². The number of hydrogen-bond donors (Lipinski definition) is 0. The van der Waals surface area contributed by atoms with Gasteiger partial charge in [0.1, 0.15) is 11.8 Å². The quantitative estimate of drug-likeness (QED) is 0.755. The minimum Gasteiger partial charge on any atom is -0.335 e. The largest absolute Gasteiger partial charge is 0.335 e. The summed E-state index contributed by atoms with van der Waals surface area (Å²) in [6.45, 7) is 4.70. The van der Waals surface area contributed by atoms with Gasteiger partial charge in [-0.1, -0.05) is 43.7 Å². The highest BCUT2D eigenvalue weighted by Gasteiger charge is 2.52. The van der Waals surface area contributed by atoms with Crippen LogP contribution in [-0.4, -0.2) is 34.7 Å². The minimum absolute atomic E-state index is 0.117. The monoisotopic (exact) mass is 379 g/mol. The Morgan fingerprint density at radius 1 is 1.26 bits per heavy atom. The number of carbonyl (C=O) groups is 2. The Morgan fingerprint density at radius 2 is 1.96 bits per heavy atom. The van der Waals surface area contributed by atoms with E-state index >= 15 is 0 Å². The zero-order chi connectivity index (χ0) is 19.4. The molecular weight excluding hydrogens is 362 g/mol. The second-order valence-corrected chi connectivity index (χ2v) is 8.55. The van der Waals surface area contributed by atoms with Crippen molar-refractivity contribution in [2.45, 2.75) is 20.3 Å². The van der Waals surface area contributed by atoms with Gasteiger partial charge < -0.3 is 4.90 Å². The number of fused-ring (bicyclic) bond motifs is 1. The number of aromatic nitrogens is 1. The molecule has 1 fully saturated rings. The van der Waals surface area contributed by atoms with Gasteiger partial charge in [-0.25, -0.2) is 4.98 Å². The number of amides is 1. The Hall–Kier alpha value is -2.71. The van der Waals surface area contributed by atoms with Gasteiger partial charge in [0.15, 0.2) is 5.78 Å². The van der Waals surface area contributed by atoms with Gasteiger partial charge in [0.25, 0.3) is 5.91 Å². The number of rotatable bonds is 1. The van der Waals surface area contributed by atoms with Crippen molar-refractivity contribution in [2.75, 3.05) is 13.1 Å². The van der Waals surface area contributed by atoms with Crippen molar-refractivity contribution in [1.82, 2.24) is 9.88 Å². The Labute approximate surface area is 162 Å². The third-order valence-electron chi connectivity index (χ3n) is 5.40. The van der Waals surface area contributed by atoms with Gasteiger partial charge in [0, 0.05) is 34.3 Å². The second kappa shape index (κ2) is 5.90. The molecule has 0 unspecified atom stereocenters. The van der Waals surface area contributed by atoms with Gasteiger partial charge in [-0.05, 0) is 24.6 Å². The van der Waals surface area contributed by atoms with Crippen molar-refractivity contribution < 1.29 is 9.59 Å². The molecule has 0 N–H and O–H groups in total. The van der Waals surface area contributed by atoms with Crippen molar-refractivity contribution in [1.29, 1.82) is 5.26 Å². The van der Waals surface area contributed by atoms with Crippen LogP contribution in [0.15, 0.2) is 42.0 Å². The Morgan fingerprint density at radius 3 is 2.67 bits per heavy atom. The van der Waals surface area contributed by atoms with E-state index in [1.54, 1.807) is 29.2 Å². The van der Waals surface area contributed by atoms with Gasteiger partial charge in [0.2, 0.25) is 0 Å². The number of allylic oxidation sites excluding steroid dienone is 1. The summed E-state index contributed by atoms with van der Waals surface area (Å²) in [5.74, 6) is -0.266. The fourth-order valence-electron chi connectivity index (χ4n) is 4.26. The molecule has 2 heterocycles. The molecule has 1 spiro atoms. The third kappa shape index (κ3) is 2.90. The molecular formula is C21H18ClN3O2. The molecule has 1 aromatic heterocycles. The first-order valence-electron chi connectivity index (χ1n) is 8.76. The van der Waals surface area contributed by atoms with Gasteiger partial charge >= 0.3 is 0 Å². The predicted molar refractivity (Wildman–Crippen MR) is 102 cm³/mol. The highest BCUT2D eigenvalue weighted by atomic mass is 35.5. The summed E-state index contributed by atoms with van der Waals surface area (Å²) in [6, 6.07) is 11.0. The lowest BCUT2D eigenvalue weighted by molar-refractivity contribution is -0.127. The van der Waals surface area contributed by atoms with E-state index in [4.69, 9.17) is 11.6 Å². The number of Topliss-reactive ketones (excluding diaryl/α,β-unsaturated/α-hetero) is 1. The van der Waals surface area contributed by atoms with Gasteiger partial charge in [-0.3, -0.25) is 9.59 Å². The normalized spacial score (nSPS) is 20.1. The molecule has 0 bridgehead atoms. The van der Waals surface area contributed by atoms with Crippen LogP contribution in [0.5, 0.6) is 0 Å². The molecule has 5 nitrogen and oxygen atoms in total. The molecule has 0 radical (unpaired) electrons. The van der Waals surface area contributed by atoms with Gasteiger partial charge in [-0.15, -0.1) is 0 Å². The number of carbonyl (C=O) groups excluding carboxylic acids is 2. The van der Waals surface area contributed by atoms with Crippen LogP contribution in [0.4, 0.5) is 0 Å². The van der Waals surface area contributed by atoms with Crippen LogP contribution in [0.25, 0.3) is 10.9 Å². The van der Waals surface area contributed by atoms with Crippen molar-refractivity contribution in [3.05, 3.63) is 52.7 Å².